The van der Waals surface area contributed by atoms with E-state index in [2.05, 4.69) is 10.8 Å². The van der Waals surface area contributed by atoms with Crippen molar-refractivity contribution in [1.29, 1.82) is 0 Å². The number of nitro groups is 1. The van der Waals surface area contributed by atoms with Crippen molar-refractivity contribution in [2.45, 2.75) is 23.6 Å². The molecule has 0 amide bonds. The Hall–Kier alpha value is -1.90. The van der Waals surface area contributed by atoms with Gasteiger partial charge >= 0.3 is 0 Å². The molecule has 0 aromatic heterocycles. The molecule has 8 heteroatoms. The van der Waals surface area contributed by atoms with E-state index in [0.29, 0.717) is 5.75 Å². The molecular weight excluding hydrogens is 348 g/mol. The van der Waals surface area contributed by atoms with Gasteiger partial charge in [-0.15, -0.1) is 11.8 Å². The number of aryl methyl sites for hydroxylation is 2. The number of non-ortho nitro benzene ring substituents is 1. The molecule has 0 saturated carbocycles. The number of benzene rings is 2. The molecule has 0 unspecified atom stereocenters. The fourth-order valence-corrected chi connectivity index (χ4v) is 4.00. The summed E-state index contributed by atoms with van der Waals surface area (Å²) >= 11 is 1.57. The summed E-state index contributed by atoms with van der Waals surface area (Å²) in [4.78, 5) is 11.1. The lowest BCUT2D eigenvalue weighted by Gasteiger charge is -2.07. The number of nitrogens with zero attached hydrogens (tertiary/aromatic N) is 1. The first-order chi connectivity index (χ1) is 11.3. The lowest BCUT2D eigenvalue weighted by atomic mass is 10.1. The van der Waals surface area contributed by atoms with Gasteiger partial charge in [0.15, 0.2) is 0 Å². The van der Waals surface area contributed by atoms with E-state index < -0.39 is 14.9 Å². The Morgan fingerprint density at radius 3 is 2.33 bits per heavy atom. The van der Waals surface area contributed by atoms with Crippen molar-refractivity contribution >= 4 is 27.5 Å². The molecule has 2 aromatic carbocycles. The Morgan fingerprint density at radius 1 is 1.08 bits per heavy atom. The van der Waals surface area contributed by atoms with E-state index >= 15 is 0 Å². The van der Waals surface area contributed by atoms with Gasteiger partial charge in [-0.05, 0) is 49.2 Å². The third kappa shape index (κ3) is 4.80. The molecule has 6 nitrogen and oxygen atoms in total. The standard InChI is InChI=1S/C16H18N2O4S2/c1-12-3-6-15(11-13(12)2)23-10-9-17-24(21,22)16-7-4-14(5-8-16)18(19)20/h3-8,11,17H,9-10H2,1-2H3. The van der Waals surface area contributed by atoms with E-state index in [4.69, 9.17) is 0 Å². The molecule has 2 aromatic rings. The zero-order chi connectivity index (χ0) is 17.7. The van der Waals surface area contributed by atoms with Crippen LogP contribution in [0.2, 0.25) is 0 Å². The number of hydrogen-bond acceptors (Lipinski definition) is 5. The van der Waals surface area contributed by atoms with Crippen LogP contribution in [0.4, 0.5) is 5.69 Å². The monoisotopic (exact) mass is 366 g/mol. The zero-order valence-electron chi connectivity index (χ0n) is 13.4. The van der Waals surface area contributed by atoms with Gasteiger partial charge in [-0.25, -0.2) is 13.1 Å². The van der Waals surface area contributed by atoms with Gasteiger partial charge in [0, 0.05) is 29.3 Å². The van der Waals surface area contributed by atoms with Gasteiger partial charge in [0.25, 0.3) is 5.69 Å². The van der Waals surface area contributed by atoms with Crippen LogP contribution in [-0.2, 0) is 10.0 Å². The summed E-state index contributed by atoms with van der Waals surface area (Å²) in [5.41, 5.74) is 2.28. The van der Waals surface area contributed by atoms with E-state index in [1.165, 1.54) is 35.4 Å². The van der Waals surface area contributed by atoms with Crippen LogP contribution < -0.4 is 4.72 Å². The van der Waals surface area contributed by atoms with E-state index in [1.807, 2.05) is 26.0 Å². The molecule has 2 rings (SSSR count). The van der Waals surface area contributed by atoms with Crippen LogP contribution in [0.25, 0.3) is 0 Å². The first-order valence-corrected chi connectivity index (χ1v) is 9.70. The van der Waals surface area contributed by atoms with E-state index in [1.54, 1.807) is 11.8 Å². The lowest BCUT2D eigenvalue weighted by molar-refractivity contribution is -0.384. The summed E-state index contributed by atoms with van der Waals surface area (Å²) in [5, 5.41) is 10.6. The molecule has 0 spiro atoms. The van der Waals surface area contributed by atoms with Crippen molar-refractivity contribution in [3.8, 4) is 0 Å². The average Bonchev–Trinajstić information content (AvgIpc) is 2.55. The van der Waals surface area contributed by atoms with Gasteiger partial charge in [-0.1, -0.05) is 6.07 Å². The van der Waals surface area contributed by atoms with Crippen LogP contribution in [0.1, 0.15) is 11.1 Å². The second kappa shape index (κ2) is 7.78. The maximum Gasteiger partial charge on any atom is 0.269 e. The van der Waals surface area contributed by atoms with Crippen LogP contribution in [-0.4, -0.2) is 25.6 Å². The molecule has 0 atom stereocenters. The minimum atomic E-state index is -3.66. The maximum atomic E-state index is 12.1. The van der Waals surface area contributed by atoms with Crippen molar-refractivity contribution in [2.75, 3.05) is 12.3 Å². The molecule has 1 N–H and O–H groups in total. The van der Waals surface area contributed by atoms with Gasteiger partial charge < -0.3 is 0 Å². The molecule has 128 valence electrons. The number of nitro benzene ring substituents is 1. The van der Waals surface area contributed by atoms with Crippen LogP contribution in [0.5, 0.6) is 0 Å². The molecule has 0 fully saturated rings. The first-order valence-electron chi connectivity index (χ1n) is 7.24. The third-order valence-corrected chi connectivity index (χ3v) is 5.97. The predicted octanol–water partition coefficient (Wildman–Crippen LogP) is 3.28. The summed E-state index contributed by atoms with van der Waals surface area (Å²) in [7, 11) is -3.66. The van der Waals surface area contributed by atoms with E-state index in [-0.39, 0.29) is 17.1 Å². The number of thioether (sulfide) groups is 1. The highest BCUT2D eigenvalue weighted by atomic mass is 32.2. The minimum absolute atomic E-state index is 0.0179. The highest BCUT2D eigenvalue weighted by molar-refractivity contribution is 7.99. The topological polar surface area (TPSA) is 89.3 Å². The van der Waals surface area contributed by atoms with Gasteiger partial charge in [0.1, 0.15) is 0 Å². The Bertz CT molecular complexity index is 834. The van der Waals surface area contributed by atoms with Crippen molar-refractivity contribution < 1.29 is 13.3 Å². The summed E-state index contributed by atoms with van der Waals surface area (Å²) < 4.78 is 26.8. The van der Waals surface area contributed by atoms with Gasteiger partial charge in [0.2, 0.25) is 10.0 Å². The Balaban J connectivity index is 1.90. The molecule has 0 heterocycles. The summed E-state index contributed by atoms with van der Waals surface area (Å²) in [6.45, 7) is 4.36. The first kappa shape index (κ1) is 18.4. The molecule has 0 aliphatic carbocycles. The van der Waals surface area contributed by atoms with Crippen LogP contribution in [0.3, 0.4) is 0 Å². The van der Waals surface area contributed by atoms with Crippen LogP contribution in [0, 0.1) is 24.0 Å². The van der Waals surface area contributed by atoms with E-state index in [9.17, 15) is 18.5 Å². The van der Waals surface area contributed by atoms with Crippen molar-refractivity contribution in [2.24, 2.45) is 0 Å². The van der Waals surface area contributed by atoms with Crippen LogP contribution >= 0.6 is 11.8 Å². The third-order valence-electron chi connectivity index (χ3n) is 3.50. The van der Waals surface area contributed by atoms with Crippen LogP contribution in [0.15, 0.2) is 52.3 Å². The average molecular weight is 366 g/mol. The summed E-state index contributed by atoms with van der Waals surface area (Å²) in [6.07, 6.45) is 0. The SMILES string of the molecule is Cc1ccc(SCCNS(=O)(=O)c2ccc([N+](=O)[O-])cc2)cc1C. The van der Waals surface area contributed by atoms with Gasteiger partial charge in [0.05, 0.1) is 9.82 Å². The number of rotatable bonds is 7. The molecule has 0 aliphatic heterocycles. The molecular formula is C16H18N2O4S2. The minimum Gasteiger partial charge on any atom is -0.258 e. The summed E-state index contributed by atoms with van der Waals surface area (Å²) in [6, 6.07) is 11.0. The molecule has 24 heavy (non-hydrogen) atoms. The smallest absolute Gasteiger partial charge is 0.258 e. The highest BCUT2D eigenvalue weighted by Gasteiger charge is 2.15. The molecule has 0 saturated heterocycles. The van der Waals surface area contributed by atoms with Crippen molar-refractivity contribution in [3.05, 3.63) is 63.7 Å². The second-order valence-electron chi connectivity index (χ2n) is 5.24. The Morgan fingerprint density at radius 2 is 1.75 bits per heavy atom. The predicted molar refractivity (Wildman–Crippen MR) is 94.9 cm³/mol. The molecule has 0 bridgehead atoms. The Labute approximate surface area is 145 Å². The summed E-state index contributed by atoms with van der Waals surface area (Å²) in [5.74, 6) is 0.592. The normalized spacial score (nSPS) is 11.4. The molecule has 0 radical (unpaired) electrons. The van der Waals surface area contributed by atoms with Crippen molar-refractivity contribution in [3.63, 3.8) is 0 Å². The number of hydrogen-bond donors (Lipinski definition) is 1. The Kier molecular flexibility index (Phi) is 5.98. The maximum absolute atomic E-state index is 12.1. The highest BCUT2D eigenvalue weighted by Crippen LogP contribution is 2.21. The fraction of sp³-hybridized carbons (Fsp3) is 0.250. The van der Waals surface area contributed by atoms with Crippen molar-refractivity contribution in [1.82, 2.24) is 4.72 Å². The van der Waals surface area contributed by atoms with Gasteiger partial charge in [-0.3, -0.25) is 10.1 Å². The number of sulfonamides is 1. The number of nitrogens with one attached hydrogen (secondary N) is 1. The largest absolute Gasteiger partial charge is 0.269 e. The van der Waals surface area contributed by atoms with E-state index in [0.717, 1.165) is 4.90 Å². The van der Waals surface area contributed by atoms with Gasteiger partial charge in [-0.2, -0.15) is 0 Å². The quantitative estimate of drug-likeness (QED) is 0.351. The second-order valence-corrected chi connectivity index (χ2v) is 8.18. The zero-order valence-corrected chi connectivity index (χ0v) is 15.0. The lowest BCUT2D eigenvalue weighted by Crippen LogP contribution is -2.26. The molecule has 0 aliphatic rings. The fourth-order valence-electron chi connectivity index (χ4n) is 1.98.